The summed E-state index contributed by atoms with van der Waals surface area (Å²) in [5.74, 6) is 0. The molecule has 3 aromatic carbocycles. The van der Waals surface area contributed by atoms with E-state index < -0.39 is 0 Å². The predicted molar refractivity (Wildman–Crippen MR) is 87.8 cm³/mol. The van der Waals surface area contributed by atoms with Crippen LogP contribution in [0.1, 0.15) is 25.0 Å². The highest BCUT2D eigenvalue weighted by Gasteiger charge is 2.09. The molecule has 0 radical (unpaired) electrons. The fraction of sp³-hybridized carbons (Fsp3) is 0.100. The van der Waals surface area contributed by atoms with Crippen LogP contribution in [0.3, 0.4) is 0 Å². The Labute approximate surface area is 120 Å². The van der Waals surface area contributed by atoms with E-state index in [4.69, 9.17) is 0 Å². The Hall–Kier alpha value is -2.34. The van der Waals surface area contributed by atoms with Gasteiger partial charge in [0.15, 0.2) is 0 Å². The van der Waals surface area contributed by atoms with E-state index in [9.17, 15) is 0 Å². The van der Waals surface area contributed by atoms with Gasteiger partial charge in [-0.1, -0.05) is 78.4 Å². The molecule has 20 heavy (non-hydrogen) atoms. The van der Waals surface area contributed by atoms with Gasteiger partial charge in [-0.05, 0) is 41.3 Å². The van der Waals surface area contributed by atoms with Crippen LogP contribution in [0.2, 0.25) is 0 Å². The zero-order chi connectivity index (χ0) is 13.9. The van der Waals surface area contributed by atoms with Crippen molar-refractivity contribution in [1.29, 1.82) is 0 Å². The summed E-state index contributed by atoms with van der Waals surface area (Å²) in [7, 11) is 0. The number of hydrogen-bond acceptors (Lipinski definition) is 0. The van der Waals surface area contributed by atoms with Crippen LogP contribution < -0.4 is 0 Å². The van der Waals surface area contributed by atoms with Crippen molar-refractivity contribution >= 4 is 16.3 Å². The van der Waals surface area contributed by atoms with Crippen molar-refractivity contribution in [3.63, 3.8) is 0 Å². The van der Waals surface area contributed by atoms with Crippen molar-refractivity contribution in [2.75, 3.05) is 0 Å². The first kappa shape index (κ1) is 12.7. The van der Waals surface area contributed by atoms with E-state index in [1.807, 2.05) is 0 Å². The summed E-state index contributed by atoms with van der Waals surface area (Å²) >= 11 is 0. The number of rotatable bonds is 2. The maximum absolute atomic E-state index is 2.22. The quantitative estimate of drug-likeness (QED) is 0.554. The summed E-state index contributed by atoms with van der Waals surface area (Å²) in [5, 5.41) is 2.61. The first-order valence-electron chi connectivity index (χ1n) is 6.98. The Morgan fingerprint density at radius 2 is 1.30 bits per heavy atom. The first-order valence-corrected chi connectivity index (χ1v) is 6.98. The highest BCUT2D eigenvalue weighted by molar-refractivity contribution is 5.98. The Morgan fingerprint density at radius 1 is 0.650 bits per heavy atom. The predicted octanol–water partition coefficient (Wildman–Crippen LogP) is 5.68. The Bertz CT molecular complexity index is 755. The third kappa shape index (κ3) is 2.25. The van der Waals surface area contributed by atoms with Gasteiger partial charge < -0.3 is 0 Å². The van der Waals surface area contributed by atoms with Crippen molar-refractivity contribution in [2.45, 2.75) is 13.8 Å². The Kier molecular flexibility index (Phi) is 3.39. The molecule has 3 rings (SSSR count). The van der Waals surface area contributed by atoms with Crippen LogP contribution in [0.4, 0.5) is 0 Å². The number of allylic oxidation sites excluding steroid dienone is 1. The molecule has 3 aromatic rings. The molecule has 0 nitrogen and oxygen atoms in total. The maximum atomic E-state index is 2.22. The molecule has 0 aliphatic heterocycles. The second-order valence-electron chi connectivity index (χ2n) is 5.27. The lowest BCUT2D eigenvalue weighted by Crippen LogP contribution is -1.92. The van der Waals surface area contributed by atoms with E-state index in [2.05, 4.69) is 86.6 Å². The molecule has 0 heterocycles. The lowest BCUT2D eigenvalue weighted by molar-refractivity contribution is 1.38. The van der Waals surface area contributed by atoms with Gasteiger partial charge in [-0.3, -0.25) is 0 Å². The average Bonchev–Trinajstić information content (AvgIpc) is 2.48. The minimum absolute atomic E-state index is 1.28. The minimum atomic E-state index is 1.28. The topological polar surface area (TPSA) is 0 Å². The van der Waals surface area contributed by atoms with Crippen molar-refractivity contribution in [1.82, 2.24) is 0 Å². The lowest BCUT2D eigenvalue weighted by Gasteiger charge is -2.14. The normalized spacial score (nSPS) is 10.5. The molecule has 0 spiro atoms. The molecule has 0 heteroatoms. The van der Waals surface area contributed by atoms with E-state index in [1.165, 1.54) is 33.0 Å². The third-order valence-corrected chi connectivity index (χ3v) is 3.62. The summed E-state index contributed by atoms with van der Waals surface area (Å²) in [4.78, 5) is 0. The van der Waals surface area contributed by atoms with Crippen molar-refractivity contribution in [3.8, 4) is 0 Å². The molecular formula is C20H18. The Morgan fingerprint density at radius 3 is 2.05 bits per heavy atom. The van der Waals surface area contributed by atoms with Crippen LogP contribution in [0, 0.1) is 0 Å². The molecule has 0 saturated heterocycles. The average molecular weight is 258 g/mol. The van der Waals surface area contributed by atoms with Crippen molar-refractivity contribution in [3.05, 3.63) is 89.5 Å². The van der Waals surface area contributed by atoms with Gasteiger partial charge in [0, 0.05) is 0 Å². The highest BCUT2D eigenvalue weighted by Crippen LogP contribution is 2.32. The zero-order valence-electron chi connectivity index (χ0n) is 11.9. The van der Waals surface area contributed by atoms with Crippen LogP contribution in [-0.4, -0.2) is 0 Å². The first-order chi connectivity index (χ1) is 9.77. The minimum Gasteiger partial charge on any atom is -0.0680 e. The third-order valence-electron chi connectivity index (χ3n) is 3.62. The fourth-order valence-electron chi connectivity index (χ4n) is 2.76. The summed E-state index contributed by atoms with van der Waals surface area (Å²) < 4.78 is 0. The molecule has 0 N–H and O–H groups in total. The lowest BCUT2D eigenvalue weighted by atomic mass is 9.90. The van der Waals surface area contributed by atoms with Crippen molar-refractivity contribution in [2.24, 2.45) is 0 Å². The van der Waals surface area contributed by atoms with Crippen LogP contribution in [0.25, 0.3) is 16.3 Å². The van der Waals surface area contributed by atoms with Crippen LogP contribution in [-0.2, 0) is 0 Å². The highest BCUT2D eigenvalue weighted by atomic mass is 14.1. The van der Waals surface area contributed by atoms with Crippen molar-refractivity contribution < 1.29 is 0 Å². The molecule has 0 fully saturated rings. The molecule has 0 aromatic heterocycles. The van der Waals surface area contributed by atoms with Gasteiger partial charge in [-0.25, -0.2) is 0 Å². The summed E-state index contributed by atoms with van der Waals surface area (Å²) in [6, 6.07) is 25.8. The van der Waals surface area contributed by atoms with E-state index in [1.54, 1.807) is 0 Å². The van der Waals surface area contributed by atoms with Gasteiger partial charge in [-0.2, -0.15) is 0 Å². The standard InChI is InChI=1S/C20H18/c1-15(2)20(17-10-4-3-5-11-17)19-14-8-12-16-9-6-7-13-18(16)19/h3-14H,1-2H3. The number of fused-ring (bicyclic) bond motifs is 1. The van der Waals surface area contributed by atoms with E-state index in [0.29, 0.717) is 0 Å². The van der Waals surface area contributed by atoms with Gasteiger partial charge >= 0.3 is 0 Å². The van der Waals surface area contributed by atoms with Gasteiger partial charge in [0.2, 0.25) is 0 Å². The van der Waals surface area contributed by atoms with Crippen LogP contribution >= 0.6 is 0 Å². The SMILES string of the molecule is CC(C)=C(c1ccccc1)c1cccc2ccccc12. The van der Waals surface area contributed by atoms with E-state index in [0.717, 1.165) is 0 Å². The second kappa shape index (κ2) is 5.34. The Balaban J connectivity index is 2.30. The molecular weight excluding hydrogens is 240 g/mol. The summed E-state index contributed by atoms with van der Waals surface area (Å²) in [6.45, 7) is 4.37. The summed E-state index contributed by atoms with van der Waals surface area (Å²) in [6.07, 6.45) is 0. The largest absolute Gasteiger partial charge is 0.0680 e. The fourth-order valence-corrected chi connectivity index (χ4v) is 2.76. The molecule has 0 bridgehead atoms. The summed E-state index contributed by atoms with van der Waals surface area (Å²) in [5.41, 5.74) is 5.27. The number of benzene rings is 3. The molecule has 98 valence electrons. The molecule has 0 unspecified atom stereocenters. The van der Waals surface area contributed by atoms with E-state index in [-0.39, 0.29) is 0 Å². The molecule has 0 aliphatic carbocycles. The van der Waals surface area contributed by atoms with Gasteiger partial charge in [0.25, 0.3) is 0 Å². The smallest absolute Gasteiger partial charge is 0.0100 e. The molecule has 0 atom stereocenters. The van der Waals surface area contributed by atoms with Crippen LogP contribution in [0.15, 0.2) is 78.4 Å². The molecule has 0 saturated carbocycles. The maximum Gasteiger partial charge on any atom is -0.0100 e. The van der Waals surface area contributed by atoms with Gasteiger partial charge in [0.1, 0.15) is 0 Å². The van der Waals surface area contributed by atoms with Crippen LogP contribution in [0.5, 0.6) is 0 Å². The molecule has 0 amide bonds. The van der Waals surface area contributed by atoms with E-state index >= 15 is 0 Å². The van der Waals surface area contributed by atoms with Gasteiger partial charge in [-0.15, -0.1) is 0 Å². The monoisotopic (exact) mass is 258 g/mol. The second-order valence-corrected chi connectivity index (χ2v) is 5.27. The number of hydrogen-bond donors (Lipinski definition) is 0. The zero-order valence-corrected chi connectivity index (χ0v) is 11.9. The molecule has 0 aliphatic rings. The van der Waals surface area contributed by atoms with Gasteiger partial charge in [0.05, 0.1) is 0 Å².